The number of guanidine groups is 1. The monoisotopic (exact) mass is 551 g/mol. The van der Waals surface area contributed by atoms with Gasteiger partial charge >= 0.3 is 0 Å². The molecule has 32 heavy (non-hydrogen) atoms. The lowest BCUT2D eigenvalue weighted by Crippen LogP contribution is -2.39. The van der Waals surface area contributed by atoms with Crippen LogP contribution < -0.4 is 10.6 Å². The molecule has 3 rings (SSSR count). The Morgan fingerprint density at radius 1 is 1.09 bits per heavy atom. The van der Waals surface area contributed by atoms with Crippen LogP contribution in [-0.4, -0.2) is 45.8 Å². The van der Waals surface area contributed by atoms with Gasteiger partial charge in [-0.25, -0.2) is 4.99 Å². The van der Waals surface area contributed by atoms with Gasteiger partial charge in [0, 0.05) is 32.6 Å². The first-order chi connectivity index (χ1) is 15.2. The Labute approximate surface area is 207 Å². The van der Waals surface area contributed by atoms with Crippen LogP contribution in [0, 0.1) is 0 Å². The number of aliphatic imine (C=N–C) groups is 1. The summed E-state index contributed by atoms with van der Waals surface area (Å²) in [6.45, 7) is 8.76. The summed E-state index contributed by atoms with van der Waals surface area (Å²) >= 11 is 0. The lowest BCUT2D eigenvalue weighted by atomic mass is 10.1. The van der Waals surface area contributed by atoms with Crippen LogP contribution in [-0.2, 0) is 32.6 Å². The van der Waals surface area contributed by atoms with Gasteiger partial charge in [-0.05, 0) is 37.2 Å². The molecule has 0 fully saturated rings. The van der Waals surface area contributed by atoms with Gasteiger partial charge in [0.05, 0.1) is 19.4 Å². The maximum Gasteiger partial charge on any atom is 0.191 e. The van der Waals surface area contributed by atoms with E-state index in [9.17, 15) is 0 Å². The Morgan fingerprint density at radius 3 is 2.62 bits per heavy atom. The van der Waals surface area contributed by atoms with Crippen molar-refractivity contribution in [2.75, 3.05) is 20.1 Å². The Hall–Kier alpha value is -2.40. The van der Waals surface area contributed by atoms with Crippen molar-refractivity contribution in [1.82, 2.24) is 30.3 Å². The average molecular weight is 551 g/mol. The Balaban J connectivity index is 0.00000363. The molecule has 8 nitrogen and oxygen atoms in total. The van der Waals surface area contributed by atoms with E-state index in [0.717, 1.165) is 56.7 Å². The van der Waals surface area contributed by atoms with E-state index in [1.54, 1.807) is 12.6 Å². The molecule has 0 atom stereocenters. The Kier molecular flexibility index (Phi) is 11.2. The van der Waals surface area contributed by atoms with Gasteiger partial charge in [0.25, 0.3) is 0 Å². The molecule has 0 aliphatic heterocycles. The largest absolute Gasteiger partial charge is 0.468 e. The molecule has 2 aromatic heterocycles. The van der Waals surface area contributed by atoms with Crippen LogP contribution in [0.25, 0.3) is 0 Å². The zero-order valence-corrected chi connectivity index (χ0v) is 21.5. The average Bonchev–Trinajstić information content (AvgIpc) is 3.44. The molecule has 0 radical (unpaired) electrons. The highest BCUT2D eigenvalue weighted by atomic mass is 127. The fourth-order valence-electron chi connectivity index (χ4n) is 3.42. The van der Waals surface area contributed by atoms with Crippen molar-refractivity contribution in [2.24, 2.45) is 4.99 Å². The molecule has 2 heterocycles. The van der Waals surface area contributed by atoms with E-state index in [1.165, 1.54) is 11.1 Å². The van der Waals surface area contributed by atoms with Crippen molar-refractivity contribution < 1.29 is 4.42 Å². The predicted molar refractivity (Wildman–Crippen MR) is 138 cm³/mol. The van der Waals surface area contributed by atoms with Crippen molar-refractivity contribution in [3.63, 3.8) is 0 Å². The number of hydrogen-bond donors (Lipinski definition) is 2. The molecule has 0 spiro atoms. The van der Waals surface area contributed by atoms with Crippen molar-refractivity contribution in [3.8, 4) is 0 Å². The predicted octanol–water partition coefficient (Wildman–Crippen LogP) is 3.44. The van der Waals surface area contributed by atoms with Crippen LogP contribution >= 0.6 is 24.0 Å². The second-order valence-electron chi connectivity index (χ2n) is 7.44. The fourth-order valence-corrected chi connectivity index (χ4v) is 3.42. The first-order valence-electron chi connectivity index (χ1n) is 10.9. The summed E-state index contributed by atoms with van der Waals surface area (Å²) in [6, 6.07) is 12.4. The highest BCUT2D eigenvalue weighted by Gasteiger charge is 2.08. The molecule has 9 heteroatoms. The third-order valence-corrected chi connectivity index (χ3v) is 4.97. The van der Waals surface area contributed by atoms with Gasteiger partial charge in [0.15, 0.2) is 5.96 Å². The zero-order valence-electron chi connectivity index (χ0n) is 19.1. The van der Waals surface area contributed by atoms with Gasteiger partial charge in [-0.3, -0.25) is 4.90 Å². The first-order valence-corrected chi connectivity index (χ1v) is 10.9. The fraction of sp³-hybridized carbons (Fsp3) is 0.435. The number of halogens is 1. The van der Waals surface area contributed by atoms with E-state index in [1.807, 2.05) is 12.1 Å². The van der Waals surface area contributed by atoms with E-state index in [-0.39, 0.29) is 24.0 Å². The second kappa shape index (κ2) is 13.9. The van der Waals surface area contributed by atoms with Crippen LogP contribution in [0.1, 0.15) is 36.6 Å². The summed E-state index contributed by atoms with van der Waals surface area (Å²) in [4.78, 5) is 7.05. The molecule has 0 amide bonds. The Bertz CT molecular complexity index is 939. The zero-order chi connectivity index (χ0) is 21.9. The number of benzene rings is 1. The minimum absolute atomic E-state index is 0. The topological polar surface area (TPSA) is 83.5 Å². The third kappa shape index (κ3) is 7.94. The van der Waals surface area contributed by atoms with Crippen LogP contribution in [0.5, 0.6) is 0 Å². The van der Waals surface area contributed by atoms with Gasteiger partial charge in [-0.2, -0.15) is 0 Å². The van der Waals surface area contributed by atoms with Crippen molar-refractivity contribution in [1.29, 1.82) is 0 Å². The molecule has 0 saturated carbocycles. The molecule has 2 N–H and O–H groups in total. The molecular weight excluding hydrogens is 517 g/mol. The van der Waals surface area contributed by atoms with Gasteiger partial charge in [-0.1, -0.05) is 31.2 Å². The maximum atomic E-state index is 5.47. The van der Waals surface area contributed by atoms with Crippen LogP contribution in [0.15, 0.2) is 58.4 Å². The van der Waals surface area contributed by atoms with Crippen LogP contribution in [0.3, 0.4) is 0 Å². The molecule has 0 saturated heterocycles. The Morgan fingerprint density at radius 2 is 1.91 bits per heavy atom. The van der Waals surface area contributed by atoms with E-state index in [2.05, 4.69) is 75.5 Å². The van der Waals surface area contributed by atoms with Gasteiger partial charge in [0.2, 0.25) is 0 Å². The van der Waals surface area contributed by atoms with Crippen molar-refractivity contribution >= 4 is 29.9 Å². The maximum absolute atomic E-state index is 5.47. The minimum atomic E-state index is 0. The summed E-state index contributed by atoms with van der Waals surface area (Å²) < 4.78 is 7.54. The summed E-state index contributed by atoms with van der Waals surface area (Å²) in [6.07, 6.45) is 4.37. The van der Waals surface area contributed by atoms with Crippen LogP contribution in [0.2, 0.25) is 0 Å². The van der Waals surface area contributed by atoms with Gasteiger partial charge in [-0.15, -0.1) is 34.2 Å². The van der Waals surface area contributed by atoms with E-state index in [4.69, 9.17) is 9.41 Å². The van der Waals surface area contributed by atoms with Gasteiger partial charge in [0.1, 0.15) is 17.9 Å². The molecular formula is C23H34IN7O. The first kappa shape index (κ1) is 25.9. The SMILES string of the molecule is CCNC(=NCc1ccccc1CN(C)Cc1ccco1)NCCn1cnnc1CC.I. The summed E-state index contributed by atoms with van der Waals surface area (Å²) in [5.74, 6) is 2.78. The number of nitrogens with one attached hydrogen (secondary N) is 2. The molecule has 3 aromatic rings. The molecule has 0 aliphatic rings. The smallest absolute Gasteiger partial charge is 0.191 e. The highest BCUT2D eigenvalue weighted by Crippen LogP contribution is 2.14. The summed E-state index contributed by atoms with van der Waals surface area (Å²) in [5.41, 5.74) is 2.49. The normalized spacial score (nSPS) is 11.4. The lowest BCUT2D eigenvalue weighted by Gasteiger charge is -2.18. The highest BCUT2D eigenvalue weighted by molar-refractivity contribution is 14.0. The number of furan rings is 1. The van der Waals surface area contributed by atoms with E-state index < -0.39 is 0 Å². The molecule has 0 aliphatic carbocycles. The van der Waals surface area contributed by atoms with Crippen molar-refractivity contribution in [3.05, 3.63) is 71.7 Å². The molecule has 174 valence electrons. The van der Waals surface area contributed by atoms with E-state index in [0.29, 0.717) is 6.54 Å². The standard InChI is InChI=1S/C23H33N7O.HI/c1-4-22-28-27-18-30(22)13-12-25-23(24-5-2)26-15-19-9-6-7-10-20(19)16-29(3)17-21-11-8-14-31-21;/h6-11,14,18H,4-5,12-13,15-17H2,1-3H3,(H2,24,25,26);1H. The summed E-state index contributed by atoms with van der Waals surface area (Å²) in [7, 11) is 2.10. The number of aryl methyl sites for hydroxylation is 1. The number of hydrogen-bond acceptors (Lipinski definition) is 5. The van der Waals surface area contributed by atoms with Crippen molar-refractivity contribution in [2.45, 2.75) is 46.4 Å². The van der Waals surface area contributed by atoms with E-state index >= 15 is 0 Å². The second-order valence-corrected chi connectivity index (χ2v) is 7.44. The quantitative estimate of drug-likeness (QED) is 0.216. The summed E-state index contributed by atoms with van der Waals surface area (Å²) in [5, 5.41) is 14.9. The van der Waals surface area contributed by atoms with Crippen LogP contribution in [0.4, 0.5) is 0 Å². The number of nitrogens with zero attached hydrogens (tertiary/aromatic N) is 5. The lowest BCUT2D eigenvalue weighted by molar-refractivity contribution is 0.287. The molecule has 0 unspecified atom stereocenters. The molecule has 1 aromatic carbocycles. The molecule has 0 bridgehead atoms. The number of rotatable bonds is 11. The third-order valence-electron chi connectivity index (χ3n) is 4.97. The van der Waals surface area contributed by atoms with Gasteiger partial charge < -0.3 is 19.6 Å². The minimum Gasteiger partial charge on any atom is -0.468 e. The number of aromatic nitrogens is 3.